The zero-order chi connectivity index (χ0) is 18.2. The van der Waals surface area contributed by atoms with E-state index in [4.69, 9.17) is 5.26 Å². The lowest BCUT2D eigenvalue weighted by atomic mass is 10.1. The molecule has 1 amide bonds. The Labute approximate surface area is 153 Å². The third-order valence-corrected chi connectivity index (χ3v) is 4.53. The highest BCUT2D eigenvalue weighted by atomic mass is 16.2. The van der Waals surface area contributed by atoms with Crippen molar-refractivity contribution in [1.29, 1.82) is 5.26 Å². The molecule has 2 aromatic rings. The number of hydrogen-bond acceptors (Lipinski definition) is 5. The van der Waals surface area contributed by atoms with Crippen molar-refractivity contribution in [3.05, 3.63) is 59.8 Å². The zero-order valence-corrected chi connectivity index (χ0v) is 14.7. The second-order valence-electron chi connectivity index (χ2n) is 6.58. The van der Waals surface area contributed by atoms with Gasteiger partial charge in [0.1, 0.15) is 11.9 Å². The summed E-state index contributed by atoms with van der Waals surface area (Å²) in [6, 6.07) is 15.6. The van der Waals surface area contributed by atoms with E-state index in [0.717, 1.165) is 37.4 Å². The number of nitrogens with one attached hydrogen (secondary N) is 2. The molecule has 6 nitrogen and oxygen atoms in total. The summed E-state index contributed by atoms with van der Waals surface area (Å²) >= 11 is 0. The number of carbonyl (C=O) groups excluding carboxylic acids is 1. The summed E-state index contributed by atoms with van der Waals surface area (Å²) in [6.45, 7) is 3.68. The van der Waals surface area contributed by atoms with Gasteiger partial charge in [0.05, 0.1) is 12.1 Å². The standard InChI is InChI=1S/C20H23N5O/c21-10-17-6-7-19(22-12-17)23-13-18-8-9-25(14-18)15-20(26)24-11-16-4-2-1-3-5-16/h1-7,12,18H,8-9,11,13-15H2,(H,22,23)(H,24,26)/t18-/m1/s1. The third kappa shape index (κ3) is 5.30. The molecule has 26 heavy (non-hydrogen) atoms. The van der Waals surface area contributed by atoms with E-state index in [9.17, 15) is 4.79 Å². The van der Waals surface area contributed by atoms with Crippen LogP contribution in [0.25, 0.3) is 0 Å². The van der Waals surface area contributed by atoms with Crippen LogP contribution in [-0.2, 0) is 11.3 Å². The molecule has 2 N–H and O–H groups in total. The quantitative estimate of drug-likeness (QED) is 0.799. The molecule has 1 saturated heterocycles. The van der Waals surface area contributed by atoms with E-state index in [1.165, 1.54) is 0 Å². The van der Waals surface area contributed by atoms with Crippen molar-refractivity contribution in [2.24, 2.45) is 5.92 Å². The lowest BCUT2D eigenvalue weighted by molar-refractivity contribution is -0.122. The largest absolute Gasteiger partial charge is 0.370 e. The topological polar surface area (TPSA) is 81.0 Å². The number of nitriles is 1. The van der Waals surface area contributed by atoms with Gasteiger partial charge in [0.15, 0.2) is 0 Å². The van der Waals surface area contributed by atoms with Crippen LogP contribution in [0.15, 0.2) is 48.7 Å². The number of benzene rings is 1. The molecule has 1 atom stereocenters. The molecule has 0 bridgehead atoms. The second kappa shape index (κ2) is 8.97. The molecule has 0 saturated carbocycles. The number of nitrogens with zero attached hydrogens (tertiary/aromatic N) is 3. The minimum Gasteiger partial charge on any atom is -0.370 e. The van der Waals surface area contributed by atoms with Gasteiger partial charge in [-0.25, -0.2) is 4.98 Å². The van der Waals surface area contributed by atoms with Gasteiger partial charge in [-0.1, -0.05) is 30.3 Å². The van der Waals surface area contributed by atoms with Gasteiger partial charge in [-0.05, 0) is 36.6 Å². The summed E-state index contributed by atoms with van der Waals surface area (Å²) < 4.78 is 0. The Bertz CT molecular complexity index is 754. The molecule has 0 spiro atoms. The highest BCUT2D eigenvalue weighted by molar-refractivity contribution is 5.78. The molecule has 134 valence electrons. The van der Waals surface area contributed by atoms with Crippen molar-refractivity contribution in [2.75, 3.05) is 31.5 Å². The SMILES string of the molecule is N#Cc1ccc(NC[C@H]2CCN(CC(=O)NCc3ccccc3)C2)nc1. The number of amides is 1. The lowest BCUT2D eigenvalue weighted by Crippen LogP contribution is -2.36. The number of carbonyl (C=O) groups is 1. The molecule has 1 fully saturated rings. The van der Waals surface area contributed by atoms with E-state index in [2.05, 4.69) is 26.6 Å². The lowest BCUT2D eigenvalue weighted by Gasteiger charge is -2.16. The fourth-order valence-electron chi connectivity index (χ4n) is 3.09. The summed E-state index contributed by atoms with van der Waals surface area (Å²) in [7, 11) is 0. The van der Waals surface area contributed by atoms with Crippen LogP contribution in [0.3, 0.4) is 0 Å². The first-order chi connectivity index (χ1) is 12.7. The minimum absolute atomic E-state index is 0.0659. The molecule has 1 aromatic heterocycles. The highest BCUT2D eigenvalue weighted by Crippen LogP contribution is 2.16. The molecule has 6 heteroatoms. The van der Waals surface area contributed by atoms with Gasteiger partial charge in [0.25, 0.3) is 0 Å². The Balaban J connectivity index is 1.36. The van der Waals surface area contributed by atoms with Gasteiger partial charge >= 0.3 is 0 Å². The number of pyridine rings is 1. The Morgan fingerprint density at radius 3 is 2.85 bits per heavy atom. The number of rotatable bonds is 7. The van der Waals surface area contributed by atoms with Crippen LogP contribution in [0.1, 0.15) is 17.5 Å². The fourth-order valence-corrected chi connectivity index (χ4v) is 3.09. The molecule has 1 aromatic carbocycles. The maximum absolute atomic E-state index is 12.1. The summed E-state index contributed by atoms with van der Waals surface area (Å²) in [5, 5.41) is 15.1. The van der Waals surface area contributed by atoms with Crippen molar-refractivity contribution in [1.82, 2.24) is 15.2 Å². The molecule has 0 radical (unpaired) electrons. The third-order valence-electron chi connectivity index (χ3n) is 4.53. The van der Waals surface area contributed by atoms with Crippen LogP contribution in [0, 0.1) is 17.2 Å². The summed E-state index contributed by atoms with van der Waals surface area (Å²) in [6.07, 6.45) is 2.63. The normalized spacial score (nSPS) is 16.8. The van der Waals surface area contributed by atoms with Crippen molar-refractivity contribution >= 4 is 11.7 Å². The molecule has 1 aliphatic heterocycles. The van der Waals surface area contributed by atoms with Crippen molar-refractivity contribution < 1.29 is 4.79 Å². The van der Waals surface area contributed by atoms with Gasteiger partial charge in [-0.2, -0.15) is 5.26 Å². The maximum atomic E-state index is 12.1. The Morgan fingerprint density at radius 2 is 2.12 bits per heavy atom. The Kier molecular flexibility index (Phi) is 6.18. The average molecular weight is 349 g/mol. The van der Waals surface area contributed by atoms with Crippen LogP contribution in [-0.4, -0.2) is 42.0 Å². The van der Waals surface area contributed by atoms with Gasteiger partial charge < -0.3 is 10.6 Å². The average Bonchev–Trinajstić information content (AvgIpc) is 3.13. The summed E-state index contributed by atoms with van der Waals surface area (Å²) in [5.41, 5.74) is 1.67. The van der Waals surface area contributed by atoms with E-state index in [-0.39, 0.29) is 5.91 Å². The molecule has 1 aliphatic rings. The monoisotopic (exact) mass is 349 g/mol. The first kappa shape index (κ1) is 17.9. The van der Waals surface area contributed by atoms with Crippen LogP contribution < -0.4 is 10.6 Å². The molecule has 0 aliphatic carbocycles. The van der Waals surface area contributed by atoms with Gasteiger partial charge in [-0.3, -0.25) is 9.69 Å². The van der Waals surface area contributed by atoms with E-state index >= 15 is 0 Å². The first-order valence-corrected chi connectivity index (χ1v) is 8.86. The smallest absolute Gasteiger partial charge is 0.234 e. The van der Waals surface area contributed by atoms with E-state index in [0.29, 0.717) is 24.6 Å². The Hall–Kier alpha value is -2.91. The molecule has 2 heterocycles. The highest BCUT2D eigenvalue weighted by Gasteiger charge is 2.23. The minimum atomic E-state index is 0.0659. The number of hydrogen-bond donors (Lipinski definition) is 2. The first-order valence-electron chi connectivity index (χ1n) is 8.86. The van der Waals surface area contributed by atoms with Crippen molar-refractivity contribution in [3.63, 3.8) is 0 Å². The van der Waals surface area contributed by atoms with Crippen LogP contribution in [0.5, 0.6) is 0 Å². The molecule has 0 unspecified atom stereocenters. The van der Waals surface area contributed by atoms with Crippen LogP contribution in [0.4, 0.5) is 5.82 Å². The maximum Gasteiger partial charge on any atom is 0.234 e. The molecular weight excluding hydrogens is 326 g/mol. The predicted octanol–water partition coefficient (Wildman–Crippen LogP) is 2.00. The fraction of sp³-hybridized carbons (Fsp3) is 0.350. The van der Waals surface area contributed by atoms with E-state index in [1.54, 1.807) is 12.3 Å². The number of likely N-dealkylation sites (tertiary alicyclic amines) is 1. The predicted molar refractivity (Wildman–Crippen MR) is 100 cm³/mol. The summed E-state index contributed by atoms with van der Waals surface area (Å²) in [5.74, 6) is 1.34. The van der Waals surface area contributed by atoms with Gasteiger partial charge in [0, 0.05) is 25.8 Å². The van der Waals surface area contributed by atoms with Crippen molar-refractivity contribution in [2.45, 2.75) is 13.0 Å². The zero-order valence-electron chi connectivity index (χ0n) is 14.7. The second-order valence-corrected chi connectivity index (χ2v) is 6.58. The van der Waals surface area contributed by atoms with Crippen LogP contribution >= 0.6 is 0 Å². The van der Waals surface area contributed by atoms with Gasteiger partial charge in [-0.15, -0.1) is 0 Å². The van der Waals surface area contributed by atoms with E-state index in [1.807, 2.05) is 36.4 Å². The molecule has 3 rings (SSSR count). The number of anilines is 1. The van der Waals surface area contributed by atoms with Crippen LogP contribution in [0.2, 0.25) is 0 Å². The van der Waals surface area contributed by atoms with Gasteiger partial charge in [0.2, 0.25) is 5.91 Å². The Morgan fingerprint density at radius 1 is 1.27 bits per heavy atom. The van der Waals surface area contributed by atoms with Crippen molar-refractivity contribution in [3.8, 4) is 6.07 Å². The number of aromatic nitrogens is 1. The summed E-state index contributed by atoms with van der Waals surface area (Å²) in [4.78, 5) is 18.5. The van der Waals surface area contributed by atoms with E-state index < -0.39 is 0 Å². The molecular formula is C20H23N5O.